The molecule has 0 aliphatic rings. The van der Waals surface area contributed by atoms with Crippen LogP contribution in [0.3, 0.4) is 0 Å². The van der Waals surface area contributed by atoms with Crippen LogP contribution in [0.25, 0.3) is 17.0 Å². The predicted octanol–water partition coefficient (Wildman–Crippen LogP) is 2.66. The van der Waals surface area contributed by atoms with E-state index in [-0.39, 0.29) is 13.2 Å². The monoisotopic (exact) mass is 433 g/mol. The smallest absolute Gasteiger partial charge is 0.352 e. The van der Waals surface area contributed by atoms with E-state index in [1.54, 1.807) is 25.3 Å². The lowest BCUT2D eigenvalue weighted by Gasteiger charge is -2.10. The number of carbonyl (C=O) groups excluding carboxylic acids is 1. The molecular formula is C23H23N5O4. The van der Waals surface area contributed by atoms with E-state index >= 15 is 0 Å². The van der Waals surface area contributed by atoms with E-state index in [0.717, 1.165) is 15.8 Å². The molecule has 32 heavy (non-hydrogen) atoms. The quantitative estimate of drug-likeness (QED) is 0.481. The number of hydrogen-bond acceptors (Lipinski definition) is 6. The molecule has 1 N–H and O–H groups in total. The third kappa shape index (κ3) is 4.23. The minimum Gasteiger partial charge on any atom is -0.495 e. The molecule has 4 rings (SSSR count). The fraction of sp³-hybridized carbons (Fsp3) is 0.217. The van der Waals surface area contributed by atoms with Gasteiger partial charge in [-0.3, -0.25) is 4.79 Å². The SMILES string of the molecule is COCc1cc2nn(CC(=O)Nc3cc(C)ccc3OC)c(=O)n2c(-c2ccccc2)n1. The highest BCUT2D eigenvalue weighted by Gasteiger charge is 2.17. The normalized spacial score (nSPS) is 11.0. The number of benzene rings is 2. The molecule has 0 saturated carbocycles. The second kappa shape index (κ2) is 9.03. The number of methoxy groups -OCH3 is 2. The summed E-state index contributed by atoms with van der Waals surface area (Å²) < 4.78 is 13.0. The van der Waals surface area contributed by atoms with E-state index in [2.05, 4.69) is 15.4 Å². The Hall–Kier alpha value is -3.98. The average molecular weight is 433 g/mol. The van der Waals surface area contributed by atoms with Crippen molar-refractivity contribution >= 4 is 17.2 Å². The molecule has 164 valence electrons. The van der Waals surface area contributed by atoms with Crippen LogP contribution in [0.5, 0.6) is 5.75 Å². The number of hydrogen-bond donors (Lipinski definition) is 1. The van der Waals surface area contributed by atoms with Crippen molar-refractivity contribution in [2.75, 3.05) is 19.5 Å². The van der Waals surface area contributed by atoms with E-state index in [4.69, 9.17) is 9.47 Å². The van der Waals surface area contributed by atoms with Crippen molar-refractivity contribution in [3.63, 3.8) is 0 Å². The van der Waals surface area contributed by atoms with Crippen LogP contribution in [0, 0.1) is 6.92 Å². The Morgan fingerprint density at radius 1 is 1.09 bits per heavy atom. The first-order valence-electron chi connectivity index (χ1n) is 9.98. The van der Waals surface area contributed by atoms with Gasteiger partial charge in [-0.1, -0.05) is 36.4 Å². The first-order valence-corrected chi connectivity index (χ1v) is 9.98. The molecular weight excluding hydrogens is 410 g/mol. The zero-order valence-electron chi connectivity index (χ0n) is 18.0. The molecule has 4 aromatic rings. The molecule has 0 bridgehead atoms. The molecule has 0 aliphatic carbocycles. The molecule has 0 fully saturated rings. The lowest BCUT2D eigenvalue weighted by molar-refractivity contribution is -0.117. The zero-order valence-corrected chi connectivity index (χ0v) is 18.0. The van der Waals surface area contributed by atoms with Crippen LogP contribution in [0.1, 0.15) is 11.3 Å². The first kappa shape index (κ1) is 21.3. The summed E-state index contributed by atoms with van der Waals surface area (Å²) in [6, 6.07) is 16.5. The van der Waals surface area contributed by atoms with Crippen LogP contribution < -0.4 is 15.7 Å². The number of nitrogens with one attached hydrogen (secondary N) is 1. The molecule has 0 saturated heterocycles. The maximum absolute atomic E-state index is 13.1. The summed E-state index contributed by atoms with van der Waals surface area (Å²) in [4.78, 5) is 30.4. The van der Waals surface area contributed by atoms with E-state index in [1.807, 2.05) is 43.3 Å². The third-order valence-electron chi connectivity index (χ3n) is 4.87. The predicted molar refractivity (Wildman–Crippen MR) is 120 cm³/mol. The van der Waals surface area contributed by atoms with Crippen LogP contribution in [-0.2, 0) is 22.7 Å². The summed E-state index contributed by atoms with van der Waals surface area (Å²) in [6.07, 6.45) is 0. The highest BCUT2D eigenvalue weighted by molar-refractivity contribution is 5.92. The summed E-state index contributed by atoms with van der Waals surface area (Å²) in [5.41, 5.74) is 2.81. The summed E-state index contributed by atoms with van der Waals surface area (Å²) in [5.74, 6) is 0.573. The number of aryl methyl sites for hydroxylation is 1. The van der Waals surface area contributed by atoms with Gasteiger partial charge in [-0.2, -0.15) is 0 Å². The minimum atomic E-state index is -0.457. The van der Waals surface area contributed by atoms with Gasteiger partial charge in [0.15, 0.2) is 5.65 Å². The highest BCUT2D eigenvalue weighted by atomic mass is 16.5. The van der Waals surface area contributed by atoms with Crippen molar-refractivity contribution in [3.8, 4) is 17.1 Å². The summed E-state index contributed by atoms with van der Waals surface area (Å²) >= 11 is 0. The number of fused-ring (bicyclic) bond motifs is 1. The number of carbonyl (C=O) groups is 1. The summed E-state index contributed by atoms with van der Waals surface area (Å²) in [7, 11) is 3.10. The second-order valence-electron chi connectivity index (χ2n) is 7.26. The van der Waals surface area contributed by atoms with Gasteiger partial charge in [-0.15, -0.1) is 5.10 Å². The molecule has 0 aliphatic heterocycles. The lowest BCUT2D eigenvalue weighted by atomic mass is 10.2. The molecule has 9 heteroatoms. The maximum atomic E-state index is 13.1. The van der Waals surface area contributed by atoms with Gasteiger partial charge >= 0.3 is 5.69 Å². The molecule has 2 aromatic heterocycles. The topological polar surface area (TPSA) is 99.8 Å². The lowest BCUT2D eigenvalue weighted by Crippen LogP contribution is -2.29. The van der Waals surface area contributed by atoms with Crippen molar-refractivity contribution < 1.29 is 14.3 Å². The van der Waals surface area contributed by atoms with Gasteiger partial charge in [0.25, 0.3) is 0 Å². The highest BCUT2D eigenvalue weighted by Crippen LogP contribution is 2.25. The number of aromatic nitrogens is 4. The van der Waals surface area contributed by atoms with Crippen molar-refractivity contribution in [1.29, 1.82) is 0 Å². The average Bonchev–Trinajstić information content (AvgIpc) is 3.09. The van der Waals surface area contributed by atoms with Crippen molar-refractivity contribution in [2.24, 2.45) is 0 Å². The molecule has 0 radical (unpaired) electrons. The largest absolute Gasteiger partial charge is 0.495 e. The number of amides is 1. The number of ether oxygens (including phenoxy) is 2. The van der Waals surface area contributed by atoms with Crippen molar-refractivity contribution in [2.45, 2.75) is 20.1 Å². The molecule has 0 atom stereocenters. The van der Waals surface area contributed by atoms with Crippen LogP contribution >= 0.6 is 0 Å². The van der Waals surface area contributed by atoms with E-state index in [9.17, 15) is 9.59 Å². The molecule has 0 unspecified atom stereocenters. The Kier molecular flexibility index (Phi) is 6.00. The standard InChI is InChI=1S/C23H23N5O4/c1-15-9-10-19(32-3)18(11-15)25-21(29)13-27-23(30)28-20(26-27)12-17(14-31-2)24-22(28)16-7-5-4-6-8-16/h4-12H,13-14H2,1-3H3,(H,25,29). The molecule has 1 amide bonds. The van der Waals surface area contributed by atoms with Gasteiger partial charge in [0.1, 0.15) is 18.1 Å². The Bertz CT molecular complexity index is 1330. The van der Waals surface area contributed by atoms with Gasteiger partial charge in [0.05, 0.1) is 25.1 Å². The molecule has 2 aromatic carbocycles. The fourth-order valence-corrected chi connectivity index (χ4v) is 3.44. The number of nitrogens with zero attached hydrogens (tertiary/aromatic N) is 4. The van der Waals surface area contributed by atoms with Crippen LogP contribution in [0.15, 0.2) is 59.4 Å². The van der Waals surface area contributed by atoms with Gasteiger partial charge in [-0.05, 0) is 24.6 Å². The number of rotatable bonds is 7. The van der Waals surface area contributed by atoms with Crippen LogP contribution in [0.4, 0.5) is 5.69 Å². The van der Waals surface area contributed by atoms with Gasteiger partial charge < -0.3 is 14.8 Å². The van der Waals surface area contributed by atoms with Gasteiger partial charge in [0.2, 0.25) is 5.91 Å². The van der Waals surface area contributed by atoms with Gasteiger partial charge in [-0.25, -0.2) is 18.9 Å². The van der Waals surface area contributed by atoms with Gasteiger partial charge in [0, 0.05) is 18.7 Å². The van der Waals surface area contributed by atoms with Crippen molar-refractivity contribution in [1.82, 2.24) is 19.2 Å². The molecule has 0 spiro atoms. The minimum absolute atomic E-state index is 0.258. The Labute approximate surface area is 184 Å². The fourth-order valence-electron chi connectivity index (χ4n) is 3.44. The second-order valence-corrected chi connectivity index (χ2v) is 7.26. The molecule has 2 heterocycles. The van der Waals surface area contributed by atoms with Crippen LogP contribution in [0.2, 0.25) is 0 Å². The number of anilines is 1. The van der Waals surface area contributed by atoms with E-state index < -0.39 is 11.6 Å². The summed E-state index contributed by atoms with van der Waals surface area (Å²) in [6.45, 7) is 1.92. The maximum Gasteiger partial charge on any atom is 0.352 e. The summed E-state index contributed by atoms with van der Waals surface area (Å²) in [5, 5.41) is 7.15. The van der Waals surface area contributed by atoms with Crippen LogP contribution in [-0.4, -0.2) is 39.3 Å². The molecule has 9 nitrogen and oxygen atoms in total. The van der Waals surface area contributed by atoms with Crippen molar-refractivity contribution in [3.05, 3.63) is 76.3 Å². The zero-order chi connectivity index (χ0) is 22.7. The first-order chi connectivity index (χ1) is 15.5. The van der Waals surface area contributed by atoms with E-state index in [0.29, 0.717) is 28.6 Å². The Morgan fingerprint density at radius 3 is 2.59 bits per heavy atom. The Balaban J connectivity index is 1.71. The van der Waals surface area contributed by atoms with E-state index in [1.165, 1.54) is 11.5 Å². The third-order valence-corrected chi connectivity index (χ3v) is 4.87. The Morgan fingerprint density at radius 2 is 1.88 bits per heavy atom.